The molecule has 0 N–H and O–H groups in total. The summed E-state index contributed by atoms with van der Waals surface area (Å²) in [5, 5.41) is 0.777. The third-order valence-corrected chi connectivity index (χ3v) is 3.29. The van der Waals surface area contributed by atoms with Crippen LogP contribution in [0.4, 0.5) is 0 Å². The molecule has 0 aliphatic rings. The second-order valence-corrected chi connectivity index (χ2v) is 4.49. The maximum absolute atomic E-state index is 6.18. The minimum Gasteiger partial charge on any atom is -0.494 e. The van der Waals surface area contributed by atoms with E-state index in [0.717, 1.165) is 34.7 Å². The lowest BCUT2D eigenvalue weighted by atomic mass is 9.92. The van der Waals surface area contributed by atoms with Gasteiger partial charge in [0.2, 0.25) is 0 Å². The van der Waals surface area contributed by atoms with Crippen LogP contribution >= 0.6 is 11.6 Å². The Hall–Kier alpha value is -1.13. The molecule has 92 valence electrons. The van der Waals surface area contributed by atoms with Crippen molar-refractivity contribution in [3.05, 3.63) is 28.3 Å². The third kappa shape index (κ3) is 3.41. The van der Waals surface area contributed by atoms with Gasteiger partial charge in [-0.15, -0.1) is 12.3 Å². The first-order valence-corrected chi connectivity index (χ1v) is 6.38. The van der Waals surface area contributed by atoms with Crippen molar-refractivity contribution in [2.75, 3.05) is 6.61 Å². The summed E-state index contributed by atoms with van der Waals surface area (Å²) in [5.74, 6) is 3.95. The second-order valence-electron chi connectivity index (χ2n) is 4.09. The highest BCUT2D eigenvalue weighted by Gasteiger charge is 2.15. The van der Waals surface area contributed by atoms with Crippen LogP contribution in [0.3, 0.4) is 0 Å². The first-order valence-electron chi connectivity index (χ1n) is 6.00. The largest absolute Gasteiger partial charge is 0.494 e. The number of hydrogen-bond donors (Lipinski definition) is 0. The highest BCUT2D eigenvalue weighted by atomic mass is 35.5. The molecule has 1 unspecified atom stereocenters. The topological polar surface area (TPSA) is 9.23 Å². The van der Waals surface area contributed by atoms with Gasteiger partial charge in [0.1, 0.15) is 5.75 Å². The van der Waals surface area contributed by atoms with Crippen LogP contribution in [0.15, 0.2) is 12.1 Å². The molecule has 0 bridgehead atoms. The van der Waals surface area contributed by atoms with Gasteiger partial charge in [-0.3, -0.25) is 0 Å². The minimum absolute atomic E-state index is 0.319. The van der Waals surface area contributed by atoms with E-state index < -0.39 is 0 Å². The van der Waals surface area contributed by atoms with Crippen molar-refractivity contribution in [3.8, 4) is 18.1 Å². The van der Waals surface area contributed by atoms with Crippen molar-refractivity contribution in [1.82, 2.24) is 0 Å². The average Bonchev–Trinajstić information content (AvgIpc) is 2.31. The zero-order valence-corrected chi connectivity index (χ0v) is 11.5. The Bertz CT molecular complexity index is 418. The summed E-state index contributed by atoms with van der Waals surface area (Å²) in [6.07, 6.45) is 7.12. The molecule has 0 fully saturated rings. The van der Waals surface area contributed by atoms with Crippen LogP contribution in [0.25, 0.3) is 0 Å². The maximum Gasteiger partial charge on any atom is 0.123 e. The smallest absolute Gasteiger partial charge is 0.123 e. The molecule has 2 heteroatoms. The molecule has 1 aromatic carbocycles. The van der Waals surface area contributed by atoms with Gasteiger partial charge < -0.3 is 4.74 Å². The number of rotatable bonds is 5. The summed E-state index contributed by atoms with van der Waals surface area (Å²) in [4.78, 5) is 0. The summed E-state index contributed by atoms with van der Waals surface area (Å²) >= 11 is 6.18. The molecule has 0 spiro atoms. The summed E-state index contributed by atoms with van der Waals surface area (Å²) in [6.45, 7) is 6.75. The van der Waals surface area contributed by atoms with Crippen LogP contribution in [0.5, 0.6) is 5.75 Å². The minimum atomic E-state index is 0.319. The number of benzene rings is 1. The van der Waals surface area contributed by atoms with Gasteiger partial charge in [0.25, 0.3) is 0 Å². The molecule has 0 aromatic heterocycles. The van der Waals surface area contributed by atoms with Gasteiger partial charge in [-0.25, -0.2) is 0 Å². The van der Waals surface area contributed by atoms with Gasteiger partial charge in [-0.2, -0.15) is 0 Å². The predicted molar refractivity (Wildman–Crippen MR) is 73.8 cm³/mol. The van der Waals surface area contributed by atoms with Gasteiger partial charge >= 0.3 is 0 Å². The fourth-order valence-corrected chi connectivity index (χ4v) is 2.06. The van der Waals surface area contributed by atoms with Crippen LogP contribution < -0.4 is 4.74 Å². The molecule has 1 aromatic rings. The lowest BCUT2D eigenvalue weighted by Gasteiger charge is -2.18. The van der Waals surface area contributed by atoms with Gasteiger partial charge in [0.05, 0.1) is 6.61 Å². The van der Waals surface area contributed by atoms with Gasteiger partial charge in [0.15, 0.2) is 0 Å². The Balaban J connectivity index is 3.19. The summed E-state index contributed by atoms with van der Waals surface area (Å²) in [6, 6.07) is 3.99. The van der Waals surface area contributed by atoms with Crippen molar-refractivity contribution in [2.24, 2.45) is 0 Å². The van der Waals surface area contributed by atoms with Crippen LogP contribution in [0, 0.1) is 19.3 Å². The summed E-state index contributed by atoms with van der Waals surface area (Å²) < 4.78 is 5.67. The van der Waals surface area contributed by atoms with Gasteiger partial charge in [-0.1, -0.05) is 18.5 Å². The zero-order chi connectivity index (χ0) is 12.8. The highest BCUT2D eigenvalue weighted by molar-refractivity contribution is 6.31. The quantitative estimate of drug-likeness (QED) is 0.696. The molecule has 0 amide bonds. The van der Waals surface area contributed by atoms with Gasteiger partial charge in [0, 0.05) is 11.4 Å². The Kier molecular flexibility index (Phi) is 5.38. The van der Waals surface area contributed by atoms with Crippen molar-refractivity contribution >= 4 is 11.6 Å². The molecule has 1 atom stereocenters. The maximum atomic E-state index is 6.18. The molecular formula is C15H19ClO. The standard InChI is InChI=1S/C15H19ClO/c1-5-8-12(6-2)13-10-14(16)11(4)9-15(13)17-7-3/h1,9-10,12H,6-8H2,2-4H3. The first kappa shape index (κ1) is 13.9. The highest BCUT2D eigenvalue weighted by Crippen LogP contribution is 2.35. The lowest BCUT2D eigenvalue weighted by molar-refractivity contribution is 0.333. The normalized spacial score (nSPS) is 11.9. The Morgan fingerprint density at radius 1 is 1.41 bits per heavy atom. The summed E-state index contributed by atoms with van der Waals surface area (Å²) in [7, 11) is 0. The lowest BCUT2D eigenvalue weighted by Crippen LogP contribution is -2.03. The summed E-state index contributed by atoms with van der Waals surface area (Å²) in [5.41, 5.74) is 2.16. The zero-order valence-electron chi connectivity index (χ0n) is 10.7. The Morgan fingerprint density at radius 3 is 2.65 bits per heavy atom. The van der Waals surface area contributed by atoms with E-state index in [1.54, 1.807) is 0 Å². The van der Waals surface area contributed by atoms with E-state index in [-0.39, 0.29) is 0 Å². The SMILES string of the molecule is C#CCC(CC)c1cc(Cl)c(C)cc1OCC. The number of terminal acetylenes is 1. The van der Waals surface area contributed by atoms with E-state index in [1.165, 1.54) is 0 Å². The van der Waals surface area contributed by atoms with E-state index >= 15 is 0 Å². The molecule has 1 rings (SSSR count). The Morgan fingerprint density at radius 2 is 2.12 bits per heavy atom. The molecule has 0 aliphatic carbocycles. The van der Waals surface area contributed by atoms with E-state index in [4.69, 9.17) is 22.8 Å². The van der Waals surface area contributed by atoms with E-state index in [9.17, 15) is 0 Å². The van der Waals surface area contributed by atoms with Crippen LogP contribution in [-0.4, -0.2) is 6.61 Å². The molecule has 0 heterocycles. The predicted octanol–water partition coefficient (Wildman–Crippen LogP) is 4.56. The van der Waals surface area contributed by atoms with E-state index in [1.807, 2.05) is 26.0 Å². The number of halogens is 1. The average molecular weight is 251 g/mol. The van der Waals surface area contributed by atoms with Crippen molar-refractivity contribution in [3.63, 3.8) is 0 Å². The number of hydrogen-bond acceptors (Lipinski definition) is 1. The fraction of sp³-hybridized carbons (Fsp3) is 0.467. The van der Waals surface area contributed by atoms with E-state index in [0.29, 0.717) is 12.5 Å². The molecule has 0 saturated carbocycles. The monoisotopic (exact) mass is 250 g/mol. The Labute approximate surface area is 109 Å². The molecular weight excluding hydrogens is 232 g/mol. The number of ether oxygens (including phenoxy) is 1. The van der Waals surface area contributed by atoms with Crippen LogP contribution in [-0.2, 0) is 0 Å². The van der Waals surface area contributed by atoms with Gasteiger partial charge in [-0.05, 0) is 49.4 Å². The third-order valence-electron chi connectivity index (χ3n) is 2.89. The van der Waals surface area contributed by atoms with E-state index in [2.05, 4.69) is 12.8 Å². The number of aryl methyl sites for hydroxylation is 1. The van der Waals surface area contributed by atoms with Crippen molar-refractivity contribution < 1.29 is 4.74 Å². The van der Waals surface area contributed by atoms with Crippen LogP contribution in [0.1, 0.15) is 43.7 Å². The molecule has 0 radical (unpaired) electrons. The molecule has 0 aliphatic heterocycles. The van der Waals surface area contributed by atoms with Crippen molar-refractivity contribution in [1.29, 1.82) is 0 Å². The first-order chi connectivity index (χ1) is 8.13. The fourth-order valence-electron chi connectivity index (χ4n) is 1.89. The van der Waals surface area contributed by atoms with Crippen LogP contribution in [0.2, 0.25) is 5.02 Å². The molecule has 17 heavy (non-hydrogen) atoms. The second kappa shape index (κ2) is 6.57. The molecule has 1 nitrogen and oxygen atoms in total. The van der Waals surface area contributed by atoms with Crippen molar-refractivity contribution in [2.45, 2.75) is 39.5 Å². The molecule has 0 saturated heterocycles.